The van der Waals surface area contributed by atoms with Gasteiger partial charge in [0.2, 0.25) is 5.91 Å². The normalized spacial score (nSPS) is 24.9. The van der Waals surface area contributed by atoms with Gasteiger partial charge in [-0.1, -0.05) is 36.8 Å². The second-order valence-corrected chi connectivity index (χ2v) is 10.5. The molecule has 1 aromatic rings. The topological polar surface area (TPSA) is 93.6 Å². The number of rotatable bonds is 5. The molecule has 2 N–H and O–H groups in total. The molecular formula is C27H43N3O5. The van der Waals surface area contributed by atoms with E-state index in [0.29, 0.717) is 45.3 Å². The van der Waals surface area contributed by atoms with E-state index in [1.165, 1.54) is 5.56 Å². The summed E-state index contributed by atoms with van der Waals surface area (Å²) in [6, 6.07) is 10.3. The number of aliphatic hydroxyl groups is 2. The summed E-state index contributed by atoms with van der Waals surface area (Å²) in [5, 5.41) is 20.8. The van der Waals surface area contributed by atoms with Crippen LogP contribution in [0.2, 0.25) is 0 Å². The van der Waals surface area contributed by atoms with Gasteiger partial charge in [0.15, 0.2) is 0 Å². The van der Waals surface area contributed by atoms with Crippen LogP contribution >= 0.6 is 0 Å². The molecule has 8 heteroatoms. The Hall–Kier alpha value is -2.00. The Kier molecular flexibility index (Phi) is 10.5. The molecule has 0 bridgehead atoms. The summed E-state index contributed by atoms with van der Waals surface area (Å²) in [5.74, 6) is -0.201. The SMILES string of the molecule is CN(C)CCC(=O)N1CCCCC2(CCN(Cc3ccccc3)CC2)C(=O)OC[C@@H](O)[C@@H](O)CC1. The molecule has 8 nitrogen and oxygen atoms in total. The van der Waals surface area contributed by atoms with Crippen LogP contribution in [0.25, 0.3) is 0 Å². The van der Waals surface area contributed by atoms with Crippen LogP contribution in [0.1, 0.15) is 50.5 Å². The lowest BCUT2D eigenvalue weighted by Gasteiger charge is -2.40. The highest BCUT2D eigenvalue weighted by molar-refractivity contribution is 5.77. The monoisotopic (exact) mass is 489 g/mol. The van der Waals surface area contributed by atoms with Gasteiger partial charge in [0.25, 0.3) is 0 Å². The van der Waals surface area contributed by atoms with Crippen molar-refractivity contribution in [3.63, 3.8) is 0 Å². The molecule has 0 saturated carbocycles. The average molecular weight is 490 g/mol. The Morgan fingerprint density at radius 2 is 1.74 bits per heavy atom. The number of ether oxygens (including phenoxy) is 1. The largest absolute Gasteiger partial charge is 0.462 e. The van der Waals surface area contributed by atoms with Gasteiger partial charge in [-0.25, -0.2) is 0 Å². The van der Waals surface area contributed by atoms with Gasteiger partial charge in [0.1, 0.15) is 12.7 Å². The smallest absolute Gasteiger partial charge is 0.312 e. The summed E-state index contributed by atoms with van der Waals surface area (Å²) in [5.41, 5.74) is 0.684. The summed E-state index contributed by atoms with van der Waals surface area (Å²) in [7, 11) is 3.88. The van der Waals surface area contributed by atoms with Crippen molar-refractivity contribution in [1.29, 1.82) is 0 Å². The van der Waals surface area contributed by atoms with Crippen LogP contribution in [0.3, 0.4) is 0 Å². The van der Waals surface area contributed by atoms with Crippen molar-refractivity contribution < 1.29 is 24.5 Å². The van der Waals surface area contributed by atoms with Gasteiger partial charge >= 0.3 is 5.97 Å². The van der Waals surface area contributed by atoms with E-state index in [-0.39, 0.29) is 24.9 Å². The van der Waals surface area contributed by atoms with Crippen molar-refractivity contribution in [3.8, 4) is 0 Å². The van der Waals surface area contributed by atoms with Crippen LogP contribution in [-0.4, -0.2) is 102 Å². The minimum atomic E-state index is -1.16. The molecule has 2 atom stereocenters. The van der Waals surface area contributed by atoms with Gasteiger partial charge in [-0.05, 0) is 64.9 Å². The van der Waals surface area contributed by atoms with Crippen LogP contribution in [0.4, 0.5) is 0 Å². The van der Waals surface area contributed by atoms with E-state index in [1.807, 2.05) is 37.2 Å². The highest BCUT2D eigenvalue weighted by Crippen LogP contribution is 2.38. The molecule has 1 aromatic carbocycles. The van der Waals surface area contributed by atoms with Gasteiger partial charge in [-0.2, -0.15) is 0 Å². The number of amides is 1. The second kappa shape index (κ2) is 13.3. The van der Waals surface area contributed by atoms with E-state index in [1.54, 1.807) is 4.90 Å². The van der Waals surface area contributed by atoms with Gasteiger partial charge in [0.05, 0.1) is 11.5 Å². The quantitative estimate of drug-likeness (QED) is 0.610. The number of aliphatic hydroxyl groups excluding tert-OH is 2. The molecule has 0 aliphatic carbocycles. The molecule has 2 aliphatic heterocycles. The molecule has 1 spiro atoms. The molecule has 0 radical (unpaired) electrons. The van der Waals surface area contributed by atoms with Gasteiger partial charge in [0, 0.05) is 32.6 Å². The zero-order valence-electron chi connectivity index (χ0n) is 21.4. The van der Waals surface area contributed by atoms with E-state index in [2.05, 4.69) is 17.0 Å². The fourth-order valence-electron chi connectivity index (χ4n) is 5.05. The number of carbonyl (C=O) groups is 2. The van der Waals surface area contributed by atoms with Crippen LogP contribution in [0.5, 0.6) is 0 Å². The number of nitrogens with zero attached hydrogens (tertiary/aromatic N) is 3. The van der Waals surface area contributed by atoms with Crippen molar-refractivity contribution in [2.75, 3.05) is 53.4 Å². The number of piperidine rings is 1. The minimum Gasteiger partial charge on any atom is -0.462 e. The maximum atomic E-state index is 13.2. The number of hydrogen-bond donors (Lipinski definition) is 2. The molecular weight excluding hydrogens is 446 g/mol. The van der Waals surface area contributed by atoms with Crippen molar-refractivity contribution in [2.45, 2.75) is 63.7 Å². The molecule has 35 heavy (non-hydrogen) atoms. The Morgan fingerprint density at radius 1 is 1.03 bits per heavy atom. The molecule has 2 aliphatic rings. The Labute approximate surface area is 209 Å². The van der Waals surface area contributed by atoms with E-state index >= 15 is 0 Å². The molecule has 2 fully saturated rings. The zero-order chi connectivity index (χ0) is 25.3. The third kappa shape index (κ3) is 8.27. The van der Waals surface area contributed by atoms with Crippen molar-refractivity contribution >= 4 is 11.9 Å². The van der Waals surface area contributed by atoms with Gasteiger partial charge < -0.3 is 24.7 Å². The van der Waals surface area contributed by atoms with Crippen molar-refractivity contribution in [2.24, 2.45) is 5.41 Å². The number of likely N-dealkylation sites (tertiary alicyclic amines) is 1. The predicted octanol–water partition coefficient (Wildman–Crippen LogP) is 1.89. The van der Waals surface area contributed by atoms with E-state index < -0.39 is 17.6 Å². The highest BCUT2D eigenvalue weighted by Gasteiger charge is 2.42. The van der Waals surface area contributed by atoms with Crippen LogP contribution in [0, 0.1) is 5.41 Å². The zero-order valence-corrected chi connectivity index (χ0v) is 21.4. The van der Waals surface area contributed by atoms with Crippen LogP contribution < -0.4 is 0 Å². The molecule has 2 saturated heterocycles. The number of benzene rings is 1. The highest BCUT2D eigenvalue weighted by atomic mass is 16.5. The lowest BCUT2D eigenvalue weighted by atomic mass is 9.74. The van der Waals surface area contributed by atoms with E-state index in [9.17, 15) is 19.8 Å². The maximum Gasteiger partial charge on any atom is 0.312 e. The number of cyclic esters (lactones) is 1. The number of hydrogen-bond acceptors (Lipinski definition) is 7. The lowest BCUT2D eigenvalue weighted by molar-refractivity contribution is -0.165. The first kappa shape index (κ1) is 27.6. The van der Waals surface area contributed by atoms with Gasteiger partial charge in [-0.3, -0.25) is 14.5 Å². The molecule has 0 unspecified atom stereocenters. The number of esters is 1. The van der Waals surface area contributed by atoms with Crippen LogP contribution in [-0.2, 0) is 20.9 Å². The van der Waals surface area contributed by atoms with Gasteiger partial charge in [-0.15, -0.1) is 0 Å². The Balaban J connectivity index is 1.64. The van der Waals surface area contributed by atoms with E-state index in [0.717, 1.165) is 32.5 Å². The molecule has 0 aromatic heterocycles. The molecule has 196 valence electrons. The third-order valence-electron chi connectivity index (χ3n) is 7.48. The Morgan fingerprint density at radius 3 is 2.43 bits per heavy atom. The first-order valence-electron chi connectivity index (χ1n) is 13.0. The molecule has 2 heterocycles. The predicted molar refractivity (Wildman–Crippen MR) is 135 cm³/mol. The van der Waals surface area contributed by atoms with Crippen molar-refractivity contribution in [1.82, 2.24) is 14.7 Å². The van der Waals surface area contributed by atoms with Crippen molar-refractivity contribution in [3.05, 3.63) is 35.9 Å². The first-order valence-corrected chi connectivity index (χ1v) is 13.0. The summed E-state index contributed by atoms with van der Waals surface area (Å²) in [4.78, 5) is 32.2. The fraction of sp³-hybridized carbons (Fsp3) is 0.704. The first-order chi connectivity index (χ1) is 16.8. The third-order valence-corrected chi connectivity index (χ3v) is 7.48. The molecule has 3 rings (SSSR count). The fourth-order valence-corrected chi connectivity index (χ4v) is 5.05. The number of carbonyl (C=O) groups excluding carboxylic acids is 2. The second-order valence-electron chi connectivity index (χ2n) is 10.5. The average Bonchev–Trinajstić information content (AvgIpc) is 2.86. The van der Waals surface area contributed by atoms with E-state index in [4.69, 9.17) is 4.74 Å². The minimum absolute atomic E-state index is 0.0616. The standard InChI is InChI=1S/C27H43N3O5/c1-28(2)16-11-25(33)30-15-7-6-12-27(26(34)35-21-24(32)23(31)10-17-30)13-18-29(19-14-27)20-22-8-4-3-5-9-22/h3-5,8-9,23-24,31-32H,6-7,10-21H2,1-2H3/t23-,24+/m0/s1. The molecule has 1 amide bonds. The lowest BCUT2D eigenvalue weighted by Crippen LogP contribution is -2.45. The summed E-state index contributed by atoms with van der Waals surface area (Å²) >= 11 is 0. The summed E-state index contributed by atoms with van der Waals surface area (Å²) in [6.07, 6.45) is 2.24. The summed E-state index contributed by atoms with van der Waals surface area (Å²) < 4.78 is 5.57. The maximum absolute atomic E-state index is 13.2. The van der Waals surface area contributed by atoms with Crippen LogP contribution in [0.15, 0.2) is 30.3 Å². The summed E-state index contributed by atoms with van der Waals surface area (Å²) in [6.45, 7) is 3.92. The Bertz CT molecular complexity index is 795.